The largest absolute Gasteiger partial charge is 0.412 e. The molecule has 2 aromatic heterocycles. The van der Waals surface area contributed by atoms with Crippen molar-refractivity contribution in [1.82, 2.24) is 20.5 Å². The van der Waals surface area contributed by atoms with E-state index in [0.717, 1.165) is 28.1 Å². The van der Waals surface area contributed by atoms with Gasteiger partial charge in [0.25, 0.3) is 0 Å². The van der Waals surface area contributed by atoms with Gasteiger partial charge < -0.3 is 10.1 Å². The van der Waals surface area contributed by atoms with E-state index in [1.54, 1.807) is 24.0 Å². The van der Waals surface area contributed by atoms with Crippen molar-refractivity contribution in [3.05, 3.63) is 48.2 Å². The zero-order valence-electron chi connectivity index (χ0n) is 13.1. The van der Waals surface area contributed by atoms with E-state index in [2.05, 4.69) is 20.5 Å². The quantitative estimate of drug-likeness (QED) is 0.765. The molecule has 1 aromatic carbocycles. The van der Waals surface area contributed by atoms with Crippen LogP contribution < -0.4 is 10.1 Å². The van der Waals surface area contributed by atoms with Gasteiger partial charge in [0.2, 0.25) is 0 Å². The zero-order valence-corrected chi connectivity index (χ0v) is 13.9. The van der Waals surface area contributed by atoms with Crippen LogP contribution in [0.4, 0.5) is 4.79 Å². The predicted molar refractivity (Wildman–Crippen MR) is 92.9 cm³/mol. The molecule has 6 nitrogen and oxygen atoms in total. The van der Waals surface area contributed by atoms with Gasteiger partial charge in [-0.2, -0.15) is 0 Å². The molecular weight excluding hydrogens is 324 g/mol. The highest BCUT2D eigenvalue weighted by atomic mass is 32.1. The van der Waals surface area contributed by atoms with Crippen molar-refractivity contribution < 1.29 is 9.53 Å². The first kappa shape index (κ1) is 16.1. The van der Waals surface area contributed by atoms with Crippen molar-refractivity contribution in [3.8, 4) is 27.4 Å². The smallest absolute Gasteiger partial charge is 0.410 e. The van der Waals surface area contributed by atoms with Gasteiger partial charge >= 0.3 is 6.09 Å². The summed E-state index contributed by atoms with van der Waals surface area (Å²) in [7, 11) is 0. The Hall–Kier alpha value is -2.80. The average molecular weight is 340 g/mol. The molecule has 1 amide bonds. The van der Waals surface area contributed by atoms with E-state index < -0.39 is 6.09 Å². The maximum Gasteiger partial charge on any atom is 0.412 e. The fraction of sp³-hybridized carbons (Fsp3) is 0.176. The molecule has 0 atom stereocenters. The summed E-state index contributed by atoms with van der Waals surface area (Å²) in [5.41, 5.74) is 4.42. The van der Waals surface area contributed by atoms with Crippen LogP contribution in [-0.4, -0.2) is 27.8 Å². The van der Waals surface area contributed by atoms with E-state index in [4.69, 9.17) is 4.74 Å². The van der Waals surface area contributed by atoms with E-state index in [0.29, 0.717) is 12.3 Å². The normalized spacial score (nSPS) is 10.4. The van der Waals surface area contributed by atoms with E-state index in [-0.39, 0.29) is 0 Å². The number of hydrogen-bond donors (Lipinski definition) is 1. The Balaban J connectivity index is 1.81. The molecule has 3 aromatic rings. The Morgan fingerprint density at radius 2 is 2.08 bits per heavy atom. The number of benzene rings is 1. The summed E-state index contributed by atoms with van der Waals surface area (Å²) < 4.78 is 5.29. The number of aromatic nitrogens is 3. The van der Waals surface area contributed by atoms with Crippen molar-refractivity contribution in [2.24, 2.45) is 0 Å². The summed E-state index contributed by atoms with van der Waals surface area (Å²) in [5, 5.41) is 11.4. The first-order valence-corrected chi connectivity index (χ1v) is 8.42. The molecule has 2 heterocycles. The van der Waals surface area contributed by atoms with Gasteiger partial charge in [0, 0.05) is 30.1 Å². The highest BCUT2D eigenvalue weighted by Crippen LogP contribution is 2.28. The lowest BCUT2D eigenvalue weighted by atomic mass is 10.1. The molecule has 0 unspecified atom stereocenters. The van der Waals surface area contributed by atoms with E-state index >= 15 is 0 Å². The molecule has 0 spiro atoms. The van der Waals surface area contributed by atoms with Gasteiger partial charge in [-0.05, 0) is 30.2 Å². The monoisotopic (exact) mass is 340 g/mol. The standard InChI is InChI=1S/C17H16N4O2S/c1-2-6-19-17(22)23-15-5-3-4-12(8-15)13-7-14(10-18-9-13)16-21-20-11-24-16/h3-5,7-11H,2,6H2,1H3,(H,19,22). The van der Waals surface area contributed by atoms with Gasteiger partial charge in [0.05, 0.1) is 0 Å². The van der Waals surface area contributed by atoms with Crippen LogP contribution in [0.3, 0.4) is 0 Å². The number of amides is 1. The third-order valence-corrected chi connectivity index (χ3v) is 3.98. The third-order valence-electron chi connectivity index (χ3n) is 3.24. The lowest BCUT2D eigenvalue weighted by molar-refractivity contribution is 0.200. The lowest BCUT2D eigenvalue weighted by Gasteiger charge is -2.08. The first-order valence-electron chi connectivity index (χ1n) is 7.54. The maximum absolute atomic E-state index is 11.7. The van der Waals surface area contributed by atoms with Crippen LogP contribution in [-0.2, 0) is 0 Å². The molecule has 24 heavy (non-hydrogen) atoms. The second-order valence-electron chi connectivity index (χ2n) is 5.05. The number of carbonyl (C=O) groups is 1. The summed E-state index contributed by atoms with van der Waals surface area (Å²) >= 11 is 1.46. The zero-order chi connectivity index (χ0) is 16.8. The van der Waals surface area contributed by atoms with Crippen molar-refractivity contribution in [2.45, 2.75) is 13.3 Å². The Bertz CT molecular complexity index is 821. The van der Waals surface area contributed by atoms with Gasteiger partial charge in [-0.15, -0.1) is 10.2 Å². The summed E-state index contributed by atoms with van der Waals surface area (Å²) in [4.78, 5) is 15.9. The van der Waals surface area contributed by atoms with E-state index in [9.17, 15) is 4.79 Å². The minimum absolute atomic E-state index is 0.449. The third kappa shape index (κ3) is 3.94. The molecule has 0 fully saturated rings. The highest BCUT2D eigenvalue weighted by molar-refractivity contribution is 7.12. The second-order valence-corrected chi connectivity index (χ2v) is 5.88. The minimum atomic E-state index is -0.449. The lowest BCUT2D eigenvalue weighted by Crippen LogP contribution is -2.27. The summed E-state index contributed by atoms with van der Waals surface area (Å²) in [5.74, 6) is 0.488. The van der Waals surface area contributed by atoms with Gasteiger partial charge in [0.1, 0.15) is 16.3 Å². The summed E-state index contributed by atoms with van der Waals surface area (Å²) in [6.45, 7) is 2.57. The molecule has 122 valence electrons. The number of nitrogens with one attached hydrogen (secondary N) is 1. The van der Waals surface area contributed by atoms with E-state index in [1.807, 2.05) is 31.2 Å². The van der Waals surface area contributed by atoms with Crippen molar-refractivity contribution in [3.63, 3.8) is 0 Å². The van der Waals surface area contributed by atoms with Gasteiger partial charge in [-0.1, -0.05) is 30.4 Å². The fourth-order valence-corrected chi connectivity index (χ4v) is 2.66. The Kier molecular flexibility index (Phi) is 5.12. The molecule has 0 aliphatic heterocycles. The van der Waals surface area contributed by atoms with Crippen molar-refractivity contribution >= 4 is 17.4 Å². The number of carbonyl (C=O) groups excluding carboxylic acids is 1. The average Bonchev–Trinajstić information content (AvgIpc) is 3.15. The molecule has 7 heteroatoms. The van der Waals surface area contributed by atoms with Crippen molar-refractivity contribution in [2.75, 3.05) is 6.54 Å². The Labute approximate surface area is 143 Å². The van der Waals surface area contributed by atoms with Crippen LogP contribution in [0.15, 0.2) is 48.2 Å². The van der Waals surface area contributed by atoms with Gasteiger partial charge in [-0.25, -0.2) is 4.79 Å². The van der Waals surface area contributed by atoms with Crippen LogP contribution in [0.2, 0.25) is 0 Å². The molecule has 0 saturated heterocycles. The maximum atomic E-state index is 11.7. The second kappa shape index (κ2) is 7.65. The molecule has 0 aliphatic carbocycles. The fourth-order valence-electron chi connectivity index (χ4n) is 2.12. The van der Waals surface area contributed by atoms with Crippen LogP contribution in [0.5, 0.6) is 5.75 Å². The van der Waals surface area contributed by atoms with Crippen LogP contribution in [0.25, 0.3) is 21.7 Å². The SMILES string of the molecule is CCCNC(=O)Oc1cccc(-c2cncc(-c3nncs3)c2)c1. The summed E-state index contributed by atoms with van der Waals surface area (Å²) in [6.07, 6.45) is 3.93. The number of hydrogen-bond acceptors (Lipinski definition) is 6. The molecule has 0 aliphatic rings. The Morgan fingerprint density at radius 3 is 2.88 bits per heavy atom. The topological polar surface area (TPSA) is 77.0 Å². The predicted octanol–water partition coefficient (Wildman–Crippen LogP) is 3.77. The number of pyridine rings is 1. The number of nitrogens with zero attached hydrogens (tertiary/aromatic N) is 3. The molecule has 0 saturated carbocycles. The van der Waals surface area contributed by atoms with Crippen LogP contribution in [0.1, 0.15) is 13.3 Å². The van der Waals surface area contributed by atoms with Gasteiger partial charge in [-0.3, -0.25) is 4.98 Å². The molecule has 0 radical (unpaired) electrons. The summed E-state index contributed by atoms with van der Waals surface area (Å²) in [6, 6.07) is 9.33. The molecule has 1 N–H and O–H groups in total. The van der Waals surface area contributed by atoms with Crippen molar-refractivity contribution in [1.29, 1.82) is 0 Å². The minimum Gasteiger partial charge on any atom is -0.410 e. The molecule has 3 rings (SSSR count). The van der Waals surface area contributed by atoms with Crippen LogP contribution >= 0.6 is 11.3 Å². The van der Waals surface area contributed by atoms with E-state index in [1.165, 1.54) is 11.3 Å². The Morgan fingerprint density at radius 1 is 1.21 bits per heavy atom. The highest BCUT2D eigenvalue weighted by Gasteiger charge is 2.08. The van der Waals surface area contributed by atoms with Crippen LogP contribution in [0, 0.1) is 0 Å². The molecular formula is C17H16N4O2S. The first-order chi connectivity index (χ1) is 11.8. The van der Waals surface area contributed by atoms with Gasteiger partial charge in [0.15, 0.2) is 0 Å². The number of rotatable bonds is 5. The molecule has 0 bridgehead atoms. The number of ether oxygens (including phenoxy) is 1.